The quantitative estimate of drug-likeness (QED) is 0.288. The number of benzene rings is 3. The molecule has 0 aromatic heterocycles. The number of nitrogens with one attached hydrogen (secondary N) is 1. The molecule has 1 N–H and O–H groups in total. The highest BCUT2D eigenvalue weighted by molar-refractivity contribution is 7.92. The number of carbonyl (C=O) groups is 2. The maximum atomic E-state index is 13.9. The van der Waals surface area contributed by atoms with Crippen LogP contribution < -0.4 is 14.4 Å². The Morgan fingerprint density at radius 1 is 0.902 bits per heavy atom. The summed E-state index contributed by atoms with van der Waals surface area (Å²) in [6, 6.07) is 23.2. The number of rotatable bonds is 14. The highest BCUT2D eigenvalue weighted by Gasteiger charge is 2.32. The Morgan fingerprint density at radius 3 is 2.15 bits per heavy atom. The van der Waals surface area contributed by atoms with Gasteiger partial charge >= 0.3 is 0 Å². The molecular formula is C32H41N3O5S. The minimum atomic E-state index is -3.83. The Morgan fingerprint density at radius 2 is 1.56 bits per heavy atom. The summed E-state index contributed by atoms with van der Waals surface area (Å²) in [6.45, 7) is 7.80. The van der Waals surface area contributed by atoms with Crippen molar-refractivity contribution in [3.05, 3.63) is 95.6 Å². The van der Waals surface area contributed by atoms with Crippen LogP contribution in [-0.4, -0.2) is 50.0 Å². The van der Waals surface area contributed by atoms with Crippen LogP contribution in [0.1, 0.15) is 50.3 Å². The molecule has 0 saturated heterocycles. The number of carbonyl (C=O) groups excluding carboxylic acids is 2. The van der Waals surface area contributed by atoms with Gasteiger partial charge in [0.05, 0.1) is 11.9 Å². The molecule has 8 nitrogen and oxygen atoms in total. The van der Waals surface area contributed by atoms with Crippen molar-refractivity contribution >= 4 is 27.5 Å². The van der Waals surface area contributed by atoms with E-state index in [-0.39, 0.29) is 18.5 Å². The van der Waals surface area contributed by atoms with Gasteiger partial charge in [-0.25, -0.2) is 8.42 Å². The Bertz CT molecular complexity index is 1390. The molecule has 0 aliphatic heterocycles. The molecule has 2 unspecified atom stereocenters. The lowest BCUT2D eigenvalue weighted by Gasteiger charge is -2.33. The molecule has 0 spiro atoms. The summed E-state index contributed by atoms with van der Waals surface area (Å²) in [5.74, 6) is -0.146. The standard InChI is InChI=1S/C32H41N3O5S/c1-6-25(4)33-32(37)30(7-2)34(21-27-15-11-12-24(3)20-27)31(36)22-35(41(5,38)39)28-16-18-29(19-17-28)40-23-26-13-9-8-10-14-26/h8-20,25,30H,6-7,21-23H2,1-5H3,(H,33,37). The van der Waals surface area contributed by atoms with Gasteiger partial charge in [0.2, 0.25) is 21.8 Å². The number of nitrogens with zero attached hydrogens (tertiary/aromatic N) is 2. The summed E-state index contributed by atoms with van der Waals surface area (Å²) < 4.78 is 32.7. The van der Waals surface area contributed by atoms with E-state index in [1.54, 1.807) is 24.3 Å². The molecule has 0 fully saturated rings. The van der Waals surface area contributed by atoms with Gasteiger partial charge in [0.25, 0.3) is 0 Å². The molecule has 0 aliphatic rings. The van der Waals surface area contributed by atoms with E-state index in [2.05, 4.69) is 5.32 Å². The zero-order chi connectivity index (χ0) is 30.0. The summed E-state index contributed by atoms with van der Waals surface area (Å²) in [5, 5.41) is 2.98. The second-order valence-electron chi connectivity index (χ2n) is 10.3. The van der Waals surface area contributed by atoms with E-state index < -0.39 is 28.5 Å². The van der Waals surface area contributed by atoms with Crippen molar-refractivity contribution < 1.29 is 22.7 Å². The Kier molecular flexibility index (Phi) is 11.3. The second-order valence-corrected chi connectivity index (χ2v) is 12.2. The number of aryl methyl sites for hydroxylation is 1. The zero-order valence-corrected chi connectivity index (χ0v) is 25.4. The average molecular weight is 580 g/mol. The lowest BCUT2D eigenvalue weighted by Crippen LogP contribution is -2.53. The molecule has 0 heterocycles. The van der Waals surface area contributed by atoms with E-state index >= 15 is 0 Å². The van der Waals surface area contributed by atoms with Gasteiger partial charge in [0.15, 0.2) is 0 Å². The van der Waals surface area contributed by atoms with E-state index in [0.29, 0.717) is 24.5 Å². The molecule has 220 valence electrons. The third-order valence-corrected chi connectivity index (χ3v) is 8.02. The molecular weight excluding hydrogens is 538 g/mol. The highest BCUT2D eigenvalue weighted by Crippen LogP contribution is 2.23. The van der Waals surface area contributed by atoms with E-state index in [0.717, 1.165) is 33.7 Å². The Labute approximate surface area is 244 Å². The first-order chi connectivity index (χ1) is 19.5. The van der Waals surface area contributed by atoms with E-state index in [4.69, 9.17) is 4.74 Å². The smallest absolute Gasteiger partial charge is 0.244 e. The zero-order valence-electron chi connectivity index (χ0n) is 24.5. The van der Waals surface area contributed by atoms with Gasteiger partial charge in [-0.15, -0.1) is 0 Å². The van der Waals surface area contributed by atoms with Crippen molar-refractivity contribution in [2.24, 2.45) is 0 Å². The predicted octanol–water partition coefficient (Wildman–Crippen LogP) is 5.06. The summed E-state index contributed by atoms with van der Waals surface area (Å²) in [7, 11) is -3.83. The van der Waals surface area contributed by atoms with E-state index in [1.807, 2.05) is 82.3 Å². The van der Waals surface area contributed by atoms with Gasteiger partial charge in [-0.2, -0.15) is 0 Å². The van der Waals surface area contributed by atoms with Crippen LogP contribution in [0.2, 0.25) is 0 Å². The van der Waals surface area contributed by atoms with Crippen LogP contribution in [0.25, 0.3) is 0 Å². The fourth-order valence-corrected chi connectivity index (χ4v) is 5.28. The van der Waals surface area contributed by atoms with Crippen LogP contribution in [0, 0.1) is 6.92 Å². The largest absolute Gasteiger partial charge is 0.489 e. The number of ether oxygens (including phenoxy) is 1. The summed E-state index contributed by atoms with van der Waals surface area (Å²) in [5.41, 5.74) is 3.23. The fraction of sp³-hybridized carbons (Fsp3) is 0.375. The minimum Gasteiger partial charge on any atom is -0.489 e. The topological polar surface area (TPSA) is 96.0 Å². The van der Waals surface area contributed by atoms with Crippen molar-refractivity contribution in [1.82, 2.24) is 10.2 Å². The molecule has 0 radical (unpaired) electrons. The van der Waals surface area contributed by atoms with Crippen LogP contribution in [0.3, 0.4) is 0 Å². The molecule has 0 aliphatic carbocycles. The van der Waals surface area contributed by atoms with Crippen molar-refractivity contribution in [3.8, 4) is 5.75 Å². The SMILES string of the molecule is CCC(C)NC(=O)C(CC)N(Cc1cccc(C)c1)C(=O)CN(c1ccc(OCc2ccccc2)cc1)S(C)(=O)=O. The molecule has 3 aromatic carbocycles. The summed E-state index contributed by atoms with van der Waals surface area (Å²) >= 11 is 0. The maximum Gasteiger partial charge on any atom is 0.244 e. The lowest BCUT2D eigenvalue weighted by molar-refractivity contribution is -0.140. The molecule has 2 atom stereocenters. The van der Waals surface area contributed by atoms with Crippen molar-refractivity contribution in [3.63, 3.8) is 0 Å². The van der Waals surface area contributed by atoms with Gasteiger partial charge in [0.1, 0.15) is 24.9 Å². The van der Waals surface area contributed by atoms with Crippen molar-refractivity contribution in [2.45, 2.75) is 65.8 Å². The maximum absolute atomic E-state index is 13.9. The number of hydrogen-bond donors (Lipinski definition) is 1. The number of amides is 2. The highest BCUT2D eigenvalue weighted by atomic mass is 32.2. The Balaban J connectivity index is 1.86. The van der Waals surface area contributed by atoms with Gasteiger partial charge in [0, 0.05) is 12.6 Å². The van der Waals surface area contributed by atoms with Crippen LogP contribution in [0.5, 0.6) is 5.75 Å². The van der Waals surface area contributed by atoms with Crippen molar-refractivity contribution in [1.29, 1.82) is 0 Å². The first kappa shape index (κ1) is 31.7. The van der Waals surface area contributed by atoms with Gasteiger partial charge in [-0.05, 0) is 62.1 Å². The normalized spacial score (nSPS) is 12.7. The molecule has 0 bridgehead atoms. The third kappa shape index (κ3) is 9.35. The van der Waals surface area contributed by atoms with Gasteiger partial charge < -0.3 is 15.0 Å². The van der Waals surface area contributed by atoms with Crippen LogP contribution >= 0.6 is 0 Å². The van der Waals surface area contributed by atoms with E-state index in [1.165, 1.54) is 4.90 Å². The van der Waals surface area contributed by atoms with Gasteiger partial charge in [-0.1, -0.05) is 74.0 Å². The molecule has 41 heavy (non-hydrogen) atoms. The first-order valence-corrected chi connectivity index (χ1v) is 15.8. The monoisotopic (exact) mass is 579 g/mol. The van der Waals surface area contributed by atoms with E-state index in [9.17, 15) is 18.0 Å². The second kappa shape index (κ2) is 14.7. The van der Waals surface area contributed by atoms with Crippen LogP contribution in [0.4, 0.5) is 5.69 Å². The molecule has 2 amide bonds. The number of anilines is 1. The van der Waals surface area contributed by atoms with Gasteiger partial charge in [-0.3, -0.25) is 13.9 Å². The van der Waals surface area contributed by atoms with Crippen LogP contribution in [-0.2, 0) is 32.8 Å². The third-order valence-electron chi connectivity index (χ3n) is 6.87. The number of hydrogen-bond acceptors (Lipinski definition) is 5. The summed E-state index contributed by atoms with van der Waals surface area (Å²) in [4.78, 5) is 28.6. The Hall–Kier alpha value is -3.85. The lowest BCUT2D eigenvalue weighted by atomic mass is 10.1. The first-order valence-electron chi connectivity index (χ1n) is 13.9. The fourth-order valence-electron chi connectivity index (χ4n) is 4.43. The molecule has 3 aromatic rings. The minimum absolute atomic E-state index is 0.0531. The average Bonchev–Trinajstić information content (AvgIpc) is 2.94. The summed E-state index contributed by atoms with van der Waals surface area (Å²) in [6.07, 6.45) is 2.20. The molecule has 9 heteroatoms. The molecule has 0 saturated carbocycles. The van der Waals surface area contributed by atoms with Crippen LogP contribution in [0.15, 0.2) is 78.9 Å². The predicted molar refractivity (Wildman–Crippen MR) is 163 cm³/mol. The molecule has 3 rings (SSSR count). The van der Waals surface area contributed by atoms with Crippen molar-refractivity contribution in [2.75, 3.05) is 17.1 Å². The number of sulfonamides is 1.